The van der Waals surface area contributed by atoms with Gasteiger partial charge in [0.05, 0.1) is 12.6 Å². The molecule has 1 unspecified atom stereocenters. The molecule has 1 aromatic rings. The van der Waals surface area contributed by atoms with Crippen LogP contribution in [-0.2, 0) is 0 Å². The molecule has 0 amide bonds. The zero-order chi connectivity index (χ0) is 12.9. The molecule has 0 bridgehead atoms. The molecule has 0 saturated heterocycles. The number of hydrogen-bond donors (Lipinski definition) is 2. The van der Waals surface area contributed by atoms with Crippen LogP contribution in [0.5, 0.6) is 0 Å². The van der Waals surface area contributed by atoms with Gasteiger partial charge in [0.1, 0.15) is 0 Å². The Kier molecular flexibility index (Phi) is 4.01. The van der Waals surface area contributed by atoms with E-state index in [1.54, 1.807) is 0 Å². The van der Waals surface area contributed by atoms with Crippen molar-refractivity contribution in [3.8, 4) is 0 Å². The number of hydrogen-bond acceptors (Lipinski definition) is 3. The second-order valence-corrected chi connectivity index (χ2v) is 5.59. The van der Waals surface area contributed by atoms with E-state index in [2.05, 4.69) is 46.0 Å². The van der Waals surface area contributed by atoms with E-state index in [0.717, 1.165) is 25.0 Å². The molecule has 0 aromatic heterocycles. The molecule has 1 aromatic carbocycles. The Bertz CT molecular complexity index is 421. The summed E-state index contributed by atoms with van der Waals surface area (Å²) in [6.07, 6.45) is 6.81. The first-order valence-corrected chi connectivity index (χ1v) is 7.53. The Morgan fingerprint density at radius 3 is 2.58 bits per heavy atom. The van der Waals surface area contributed by atoms with Gasteiger partial charge in [0, 0.05) is 6.54 Å². The normalized spacial score (nSPS) is 21.6. The van der Waals surface area contributed by atoms with Gasteiger partial charge >= 0.3 is 0 Å². The van der Waals surface area contributed by atoms with Gasteiger partial charge in [-0.3, -0.25) is 4.99 Å². The van der Waals surface area contributed by atoms with Crippen molar-refractivity contribution in [1.29, 1.82) is 0 Å². The minimum Gasteiger partial charge on any atom is -0.355 e. The number of nitrogens with zero attached hydrogens (tertiary/aromatic N) is 1. The Hall–Kier alpha value is -1.51. The monoisotopic (exact) mass is 257 g/mol. The summed E-state index contributed by atoms with van der Waals surface area (Å²) >= 11 is 0. The smallest absolute Gasteiger partial charge is 0.191 e. The van der Waals surface area contributed by atoms with Gasteiger partial charge in [-0.15, -0.1) is 0 Å². The first kappa shape index (κ1) is 12.5. The Morgan fingerprint density at radius 1 is 1.11 bits per heavy atom. The molecule has 1 saturated carbocycles. The average Bonchev–Trinajstić information content (AvgIpc) is 3.00. The van der Waals surface area contributed by atoms with Crippen LogP contribution in [-0.4, -0.2) is 19.0 Å². The fourth-order valence-electron chi connectivity index (χ4n) is 3.24. The number of nitrogens with one attached hydrogen (secondary N) is 2. The highest BCUT2D eigenvalue weighted by molar-refractivity contribution is 5.81. The maximum Gasteiger partial charge on any atom is 0.191 e. The molecular formula is C16H23N3. The summed E-state index contributed by atoms with van der Waals surface area (Å²) in [4.78, 5) is 4.49. The van der Waals surface area contributed by atoms with E-state index in [0.29, 0.717) is 6.04 Å². The van der Waals surface area contributed by atoms with E-state index in [-0.39, 0.29) is 0 Å². The molecule has 0 spiro atoms. The molecule has 1 fully saturated rings. The van der Waals surface area contributed by atoms with E-state index in [1.807, 2.05) is 0 Å². The van der Waals surface area contributed by atoms with E-state index in [9.17, 15) is 0 Å². The van der Waals surface area contributed by atoms with Crippen molar-refractivity contribution in [2.45, 2.75) is 38.1 Å². The summed E-state index contributed by atoms with van der Waals surface area (Å²) in [5.74, 6) is 1.72. The van der Waals surface area contributed by atoms with Crippen LogP contribution in [0.25, 0.3) is 0 Å². The molecule has 1 atom stereocenters. The highest BCUT2D eigenvalue weighted by atomic mass is 15.2. The van der Waals surface area contributed by atoms with Crippen LogP contribution in [0.1, 0.15) is 43.7 Å². The lowest BCUT2D eigenvalue weighted by atomic mass is 9.81. The topological polar surface area (TPSA) is 36.4 Å². The van der Waals surface area contributed by atoms with Gasteiger partial charge in [-0.1, -0.05) is 49.6 Å². The molecule has 3 heteroatoms. The summed E-state index contributed by atoms with van der Waals surface area (Å²) < 4.78 is 0. The predicted molar refractivity (Wildman–Crippen MR) is 79.2 cm³/mol. The van der Waals surface area contributed by atoms with E-state index < -0.39 is 0 Å². The molecule has 2 N–H and O–H groups in total. The molecule has 1 aliphatic carbocycles. The lowest BCUT2D eigenvalue weighted by Gasteiger charge is -2.32. The molecule has 3 rings (SSSR count). The van der Waals surface area contributed by atoms with E-state index >= 15 is 0 Å². The van der Waals surface area contributed by atoms with E-state index in [1.165, 1.54) is 37.7 Å². The molecule has 19 heavy (non-hydrogen) atoms. The van der Waals surface area contributed by atoms with Gasteiger partial charge < -0.3 is 10.6 Å². The standard InChI is InChI=1S/C16H23N3/c1-3-7-13(8-4-1)15(14-9-5-2-6-10-14)19-16-17-11-12-18-16/h1,3-4,7-8,14-15H,2,5-6,9-12H2,(H2,17,18,19). The lowest BCUT2D eigenvalue weighted by molar-refractivity contribution is 0.291. The van der Waals surface area contributed by atoms with Crippen LogP contribution in [0.2, 0.25) is 0 Å². The van der Waals surface area contributed by atoms with Gasteiger partial charge in [0.25, 0.3) is 0 Å². The largest absolute Gasteiger partial charge is 0.355 e. The highest BCUT2D eigenvalue weighted by Gasteiger charge is 2.26. The van der Waals surface area contributed by atoms with Crippen molar-refractivity contribution in [1.82, 2.24) is 10.6 Å². The molecule has 3 nitrogen and oxygen atoms in total. The van der Waals surface area contributed by atoms with Crippen LogP contribution in [0, 0.1) is 5.92 Å². The van der Waals surface area contributed by atoms with Crippen LogP contribution >= 0.6 is 0 Å². The minimum atomic E-state index is 0.408. The lowest BCUT2D eigenvalue weighted by Crippen LogP contribution is -2.40. The maximum atomic E-state index is 4.49. The molecule has 2 aliphatic rings. The molecule has 102 valence electrons. The van der Waals surface area contributed by atoms with Gasteiger partial charge in [-0.2, -0.15) is 0 Å². The fraction of sp³-hybridized carbons (Fsp3) is 0.562. The maximum absolute atomic E-state index is 4.49. The van der Waals surface area contributed by atoms with Gasteiger partial charge in [0.15, 0.2) is 5.96 Å². The third-order valence-corrected chi connectivity index (χ3v) is 4.25. The van der Waals surface area contributed by atoms with Crippen LogP contribution in [0.4, 0.5) is 0 Å². The average molecular weight is 257 g/mol. The number of guanidine groups is 1. The zero-order valence-corrected chi connectivity index (χ0v) is 11.4. The third-order valence-electron chi connectivity index (χ3n) is 4.25. The first-order chi connectivity index (χ1) is 9.43. The third kappa shape index (κ3) is 3.09. The Labute approximate surface area is 115 Å². The first-order valence-electron chi connectivity index (χ1n) is 7.53. The molecule has 1 aliphatic heterocycles. The van der Waals surface area contributed by atoms with Crippen LogP contribution in [0.15, 0.2) is 35.3 Å². The summed E-state index contributed by atoms with van der Waals surface area (Å²) in [7, 11) is 0. The van der Waals surface area contributed by atoms with Crippen LogP contribution in [0.3, 0.4) is 0 Å². The molecule has 0 radical (unpaired) electrons. The van der Waals surface area contributed by atoms with Crippen molar-refractivity contribution in [2.24, 2.45) is 10.9 Å². The zero-order valence-electron chi connectivity index (χ0n) is 11.4. The second-order valence-electron chi connectivity index (χ2n) is 5.59. The Morgan fingerprint density at radius 2 is 1.89 bits per heavy atom. The second kappa shape index (κ2) is 6.09. The van der Waals surface area contributed by atoms with Crippen molar-refractivity contribution >= 4 is 5.96 Å². The van der Waals surface area contributed by atoms with Gasteiger partial charge in [-0.25, -0.2) is 0 Å². The van der Waals surface area contributed by atoms with Gasteiger partial charge in [-0.05, 0) is 24.3 Å². The summed E-state index contributed by atoms with van der Waals surface area (Å²) in [5, 5.41) is 6.98. The number of rotatable bonds is 3. The minimum absolute atomic E-state index is 0.408. The highest BCUT2D eigenvalue weighted by Crippen LogP contribution is 2.34. The number of benzene rings is 1. The van der Waals surface area contributed by atoms with Gasteiger partial charge in [0.2, 0.25) is 0 Å². The number of aliphatic imine (C=N–C) groups is 1. The molecule has 1 heterocycles. The summed E-state index contributed by atoms with van der Waals surface area (Å²) in [6.45, 7) is 1.86. The fourth-order valence-corrected chi connectivity index (χ4v) is 3.24. The predicted octanol–water partition coefficient (Wildman–Crippen LogP) is 2.86. The van der Waals surface area contributed by atoms with Crippen LogP contribution < -0.4 is 10.6 Å². The van der Waals surface area contributed by atoms with Crippen molar-refractivity contribution < 1.29 is 0 Å². The summed E-state index contributed by atoms with van der Waals surface area (Å²) in [6, 6.07) is 11.2. The quantitative estimate of drug-likeness (QED) is 0.873. The molecular weight excluding hydrogens is 234 g/mol. The summed E-state index contributed by atoms with van der Waals surface area (Å²) in [5.41, 5.74) is 1.39. The SMILES string of the molecule is c1ccc(C(NC2=NCCN2)C2CCCCC2)cc1. The van der Waals surface area contributed by atoms with Crippen molar-refractivity contribution in [2.75, 3.05) is 13.1 Å². The Balaban J connectivity index is 1.77. The van der Waals surface area contributed by atoms with Crippen molar-refractivity contribution in [3.05, 3.63) is 35.9 Å². The van der Waals surface area contributed by atoms with E-state index in [4.69, 9.17) is 0 Å². The van der Waals surface area contributed by atoms with Crippen molar-refractivity contribution in [3.63, 3.8) is 0 Å².